The largest absolute Gasteiger partial charge is 0.547 e. The highest BCUT2D eigenvalue weighted by Crippen LogP contribution is 2.17. The number of esters is 1. The van der Waals surface area contributed by atoms with Crippen LogP contribution in [-0.2, 0) is 14.3 Å². The predicted octanol–water partition coefficient (Wildman–Crippen LogP) is -2.59. The van der Waals surface area contributed by atoms with Gasteiger partial charge in [0.15, 0.2) is 0 Å². The van der Waals surface area contributed by atoms with E-state index >= 15 is 0 Å². The van der Waals surface area contributed by atoms with Gasteiger partial charge in [-0.2, -0.15) is 0 Å². The molecule has 1 N–H and O–H groups in total. The molecule has 0 aliphatic carbocycles. The Labute approximate surface area is 56.2 Å². The Kier molecular flexibility index (Phi) is 1.37. The van der Waals surface area contributed by atoms with Crippen LogP contribution in [0, 0.1) is 0 Å². The summed E-state index contributed by atoms with van der Waals surface area (Å²) in [6, 6.07) is 0. The molecule has 56 valence electrons. The topological polar surface area (TPSA) is 86.7 Å². The number of carbonyl (C=O) groups is 2. The summed E-state index contributed by atoms with van der Waals surface area (Å²) in [6.45, 7) is -0.506. The predicted molar refractivity (Wildman–Crippen MR) is 25.5 cm³/mol. The molecule has 0 aromatic rings. The maximum absolute atomic E-state index is 10.3. The lowest BCUT2D eigenvalue weighted by Crippen LogP contribution is -2.48. The van der Waals surface area contributed by atoms with Crippen molar-refractivity contribution in [3.05, 3.63) is 0 Å². The van der Waals surface area contributed by atoms with Crippen molar-refractivity contribution in [2.75, 3.05) is 6.61 Å². The van der Waals surface area contributed by atoms with Gasteiger partial charge >= 0.3 is 5.97 Å². The van der Waals surface area contributed by atoms with Crippen LogP contribution in [0.5, 0.6) is 0 Å². The summed E-state index contributed by atoms with van der Waals surface area (Å²) in [7, 11) is 0. The average Bonchev–Trinajstić information content (AvgIpc) is 2.13. The first kappa shape index (κ1) is 7.01. The smallest absolute Gasteiger partial charge is 0.309 e. The molecule has 5 heteroatoms. The van der Waals surface area contributed by atoms with Crippen molar-refractivity contribution in [3.8, 4) is 0 Å². The number of aliphatic carboxylic acids is 1. The van der Waals surface area contributed by atoms with Gasteiger partial charge in [-0.15, -0.1) is 0 Å². The maximum atomic E-state index is 10.3. The Hall–Kier alpha value is -1.10. The van der Waals surface area contributed by atoms with E-state index in [1.807, 2.05) is 0 Å². The van der Waals surface area contributed by atoms with E-state index in [4.69, 9.17) is 5.11 Å². The lowest BCUT2D eigenvalue weighted by molar-refractivity contribution is -0.324. The van der Waals surface area contributed by atoms with Crippen LogP contribution in [0.3, 0.4) is 0 Å². The van der Waals surface area contributed by atoms with Gasteiger partial charge in [-0.3, -0.25) is 4.79 Å². The van der Waals surface area contributed by atoms with Crippen molar-refractivity contribution in [3.63, 3.8) is 0 Å². The molecule has 1 fully saturated rings. The summed E-state index contributed by atoms with van der Waals surface area (Å²) in [5, 5.41) is 19.0. The van der Waals surface area contributed by atoms with Gasteiger partial charge in [0, 0.05) is 0 Å². The zero-order valence-corrected chi connectivity index (χ0v) is 4.99. The zero-order valence-electron chi connectivity index (χ0n) is 4.99. The molecule has 1 saturated heterocycles. The number of carbonyl (C=O) groups excluding carboxylic acids is 2. The van der Waals surface area contributed by atoms with E-state index < -0.39 is 30.6 Å². The highest BCUT2D eigenvalue weighted by Gasteiger charge is 2.39. The molecular formula is C5H5O5-. The third-order valence-corrected chi connectivity index (χ3v) is 1.29. The van der Waals surface area contributed by atoms with Crippen LogP contribution in [0.25, 0.3) is 0 Å². The van der Waals surface area contributed by atoms with Crippen LogP contribution in [0.15, 0.2) is 0 Å². The van der Waals surface area contributed by atoms with Gasteiger partial charge in [-0.1, -0.05) is 0 Å². The fourth-order valence-electron chi connectivity index (χ4n) is 0.672. The van der Waals surface area contributed by atoms with Crippen LogP contribution in [-0.4, -0.2) is 29.3 Å². The summed E-state index contributed by atoms with van der Waals surface area (Å²) < 4.78 is 4.22. The zero-order chi connectivity index (χ0) is 7.78. The van der Waals surface area contributed by atoms with Crippen molar-refractivity contribution in [2.24, 2.45) is 0 Å². The van der Waals surface area contributed by atoms with Crippen LogP contribution in [0.2, 0.25) is 0 Å². The molecule has 0 bridgehead atoms. The molecular weight excluding hydrogens is 140 g/mol. The Morgan fingerprint density at radius 1 is 1.80 bits per heavy atom. The van der Waals surface area contributed by atoms with E-state index in [1.54, 1.807) is 0 Å². The minimum Gasteiger partial charge on any atom is -0.547 e. The van der Waals surface area contributed by atoms with Crippen LogP contribution >= 0.6 is 0 Å². The molecule has 1 heterocycles. The number of hydrogen-bond donors (Lipinski definition) is 1. The van der Waals surface area contributed by atoms with E-state index in [-0.39, 0.29) is 0 Å². The minimum absolute atomic E-state index is 0.506. The second kappa shape index (κ2) is 1.95. The number of cyclic esters (lactones) is 1. The molecule has 0 saturated carbocycles. The fourth-order valence-corrected chi connectivity index (χ4v) is 0.672. The third-order valence-electron chi connectivity index (χ3n) is 1.29. The van der Waals surface area contributed by atoms with Crippen LogP contribution in [0.1, 0.15) is 6.42 Å². The first-order chi connectivity index (χ1) is 4.54. The normalized spacial score (nSPS) is 31.9. The van der Waals surface area contributed by atoms with Crippen molar-refractivity contribution >= 4 is 11.9 Å². The summed E-state index contributed by atoms with van der Waals surface area (Å²) in [5.41, 5.74) is -2.10. The lowest BCUT2D eigenvalue weighted by Gasteiger charge is -2.18. The summed E-state index contributed by atoms with van der Waals surface area (Å²) in [4.78, 5) is 20.4. The molecule has 1 rings (SSSR count). The molecule has 0 amide bonds. The summed E-state index contributed by atoms with van der Waals surface area (Å²) in [6.07, 6.45) is -0.519. The van der Waals surface area contributed by atoms with E-state index in [2.05, 4.69) is 4.74 Å². The first-order valence-corrected chi connectivity index (χ1v) is 2.64. The van der Waals surface area contributed by atoms with Gasteiger partial charge in [0.05, 0.1) is 12.4 Å². The number of hydrogen-bond acceptors (Lipinski definition) is 5. The monoisotopic (exact) mass is 145 g/mol. The molecule has 0 aromatic heterocycles. The number of carboxylic acid groups (broad SMARTS) is 1. The van der Waals surface area contributed by atoms with Crippen molar-refractivity contribution in [1.29, 1.82) is 0 Å². The number of carboxylic acids is 1. The number of rotatable bonds is 1. The van der Waals surface area contributed by atoms with Gasteiger partial charge in [0.2, 0.25) is 0 Å². The van der Waals surface area contributed by atoms with Crippen molar-refractivity contribution < 1.29 is 24.5 Å². The SMILES string of the molecule is O=C1CC(O)(C(=O)[O-])CO1. The maximum Gasteiger partial charge on any atom is 0.309 e. The molecule has 1 aliphatic rings. The van der Waals surface area contributed by atoms with Gasteiger partial charge < -0.3 is 19.7 Å². The third kappa shape index (κ3) is 0.950. The van der Waals surface area contributed by atoms with Crippen molar-refractivity contribution in [2.45, 2.75) is 12.0 Å². The minimum atomic E-state index is -2.10. The number of aliphatic hydroxyl groups is 1. The Morgan fingerprint density at radius 2 is 2.40 bits per heavy atom. The lowest BCUT2D eigenvalue weighted by atomic mass is 10.0. The summed E-state index contributed by atoms with van der Waals surface area (Å²) in [5.74, 6) is -2.38. The molecule has 10 heavy (non-hydrogen) atoms. The summed E-state index contributed by atoms with van der Waals surface area (Å²) >= 11 is 0. The fraction of sp³-hybridized carbons (Fsp3) is 0.600. The second-order valence-electron chi connectivity index (χ2n) is 2.16. The molecule has 0 radical (unpaired) electrons. The molecule has 0 spiro atoms. The van der Waals surface area contributed by atoms with E-state index in [9.17, 15) is 14.7 Å². The molecule has 1 aliphatic heterocycles. The van der Waals surface area contributed by atoms with E-state index in [0.29, 0.717) is 0 Å². The standard InChI is InChI=1S/C5H6O5/c6-3-1-5(9,2-10-3)4(7)8/h9H,1-2H2,(H,7,8)/p-1. The molecule has 5 nitrogen and oxygen atoms in total. The quantitative estimate of drug-likeness (QED) is 0.409. The highest BCUT2D eigenvalue weighted by atomic mass is 16.6. The van der Waals surface area contributed by atoms with Gasteiger partial charge in [-0.05, 0) is 0 Å². The van der Waals surface area contributed by atoms with E-state index in [1.165, 1.54) is 0 Å². The van der Waals surface area contributed by atoms with Gasteiger partial charge in [0.1, 0.15) is 12.2 Å². The Morgan fingerprint density at radius 3 is 2.60 bits per heavy atom. The van der Waals surface area contributed by atoms with Crippen LogP contribution < -0.4 is 5.11 Å². The molecule has 1 atom stereocenters. The Bertz CT molecular complexity index is 186. The first-order valence-electron chi connectivity index (χ1n) is 2.64. The van der Waals surface area contributed by atoms with Gasteiger partial charge in [0.25, 0.3) is 0 Å². The van der Waals surface area contributed by atoms with Crippen LogP contribution in [0.4, 0.5) is 0 Å². The number of ether oxygens (including phenoxy) is 1. The Balaban J connectivity index is 2.72. The van der Waals surface area contributed by atoms with Gasteiger partial charge in [-0.25, -0.2) is 0 Å². The molecule has 0 aromatic carbocycles. The van der Waals surface area contributed by atoms with Crippen molar-refractivity contribution in [1.82, 2.24) is 0 Å². The van der Waals surface area contributed by atoms with E-state index in [0.717, 1.165) is 0 Å². The molecule has 1 unspecified atom stereocenters. The second-order valence-corrected chi connectivity index (χ2v) is 2.16. The highest BCUT2D eigenvalue weighted by molar-refractivity contribution is 5.86. The average molecular weight is 145 g/mol.